The Morgan fingerprint density at radius 2 is 2.21 bits per heavy atom. The van der Waals surface area contributed by atoms with Crippen LogP contribution in [0.5, 0.6) is 5.75 Å². The molecule has 1 rings (SSSR count). The molecule has 0 fully saturated rings. The third-order valence-corrected chi connectivity index (χ3v) is 1.75. The van der Waals surface area contributed by atoms with E-state index in [0.29, 0.717) is 17.0 Å². The van der Waals surface area contributed by atoms with Gasteiger partial charge in [0, 0.05) is 5.56 Å². The largest absolute Gasteiger partial charge is 0.494 e. The molecule has 14 heavy (non-hydrogen) atoms. The minimum atomic E-state index is -0.0649. The van der Waals surface area contributed by atoms with Crippen LogP contribution >= 0.6 is 0 Å². The molecule has 0 aliphatic heterocycles. The van der Waals surface area contributed by atoms with E-state index in [1.54, 1.807) is 18.2 Å². The van der Waals surface area contributed by atoms with Crippen molar-refractivity contribution >= 4 is 17.6 Å². The quantitative estimate of drug-likeness (QED) is 0.416. The van der Waals surface area contributed by atoms with E-state index in [0.717, 1.165) is 0 Å². The van der Waals surface area contributed by atoms with E-state index in [-0.39, 0.29) is 5.78 Å². The molecular weight excluding hydrogens is 182 g/mol. The van der Waals surface area contributed by atoms with Gasteiger partial charge in [0.2, 0.25) is 6.08 Å². The first-order valence-electron chi connectivity index (χ1n) is 3.96. The van der Waals surface area contributed by atoms with Crippen LogP contribution < -0.4 is 4.74 Å². The summed E-state index contributed by atoms with van der Waals surface area (Å²) in [6.07, 6.45) is 1.42. The maximum absolute atomic E-state index is 11.0. The van der Waals surface area contributed by atoms with Crippen molar-refractivity contribution in [3.8, 4) is 5.75 Å². The first-order valence-corrected chi connectivity index (χ1v) is 3.96. The van der Waals surface area contributed by atoms with E-state index in [2.05, 4.69) is 4.99 Å². The SMILES string of the molecule is COc1cc(C(C)=O)ccc1N=C=O. The fourth-order valence-electron chi connectivity index (χ4n) is 1.04. The number of isocyanates is 1. The van der Waals surface area contributed by atoms with Crippen molar-refractivity contribution in [2.24, 2.45) is 4.99 Å². The van der Waals surface area contributed by atoms with E-state index in [9.17, 15) is 9.59 Å². The van der Waals surface area contributed by atoms with Gasteiger partial charge in [-0.2, -0.15) is 4.99 Å². The van der Waals surface area contributed by atoms with E-state index in [4.69, 9.17) is 4.74 Å². The molecule has 0 atom stereocenters. The van der Waals surface area contributed by atoms with Gasteiger partial charge in [-0.05, 0) is 25.1 Å². The number of carbonyl (C=O) groups excluding carboxylic acids is 2. The van der Waals surface area contributed by atoms with Crippen LogP contribution in [0.3, 0.4) is 0 Å². The monoisotopic (exact) mass is 191 g/mol. The molecule has 1 aromatic rings. The molecule has 0 aromatic heterocycles. The van der Waals surface area contributed by atoms with Gasteiger partial charge in [0.25, 0.3) is 0 Å². The molecule has 1 aromatic carbocycles. The predicted octanol–water partition coefficient (Wildman–Crippen LogP) is 1.87. The van der Waals surface area contributed by atoms with Crippen LogP contribution in [0, 0.1) is 0 Å². The number of carbonyl (C=O) groups is 1. The number of rotatable bonds is 3. The molecule has 0 unspecified atom stereocenters. The van der Waals surface area contributed by atoms with Crippen LogP contribution in [0.15, 0.2) is 23.2 Å². The molecule has 0 aliphatic carbocycles. The highest BCUT2D eigenvalue weighted by atomic mass is 16.5. The van der Waals surface area contributed by atoms with Gasteiger partial charge in [-0.25, -0.2) is 4.79 Å². The van der Waals surface area contributed by atoms with E-state index in [1.807, 2.05) is 0 Å². The first kappa shape index (κ1) is 10.2. The lowest BCUT2D eigenvalue weighted by Gasteiger charge is -2.04. The summed E-state index contributed by atoms with van der Waals surface area (Å²) < 4.78 is 4.96. The number of nitrogens with zero attached hydrogens (tertiary/aromatic N) is 1. The molecule has 0 bridgehead atoms. The smallest absolute Gasteiger partial charge is 0.240 e. The molecule has 0 N–H and O–H groups in total. The fraction of sp³-hybridized carbons (Fsp3) is 0.200. The predicted molar refractivity (Wildman–Crippen MR) is 50.8 cm³/mol. The second-order valence-corrected chi connectivity index (χ2v) is 2.65. The molecular formula is C10H9NO3. The maximum atomic E-state index is 11.0. The summed E-state index contributed by atoms with van der Waals surface area (Å²) in [5.74, 6) is 0.325. The zero-order chi connectivity index (χ0) is 10.6. The van der Waals surface area contributed by atoms with Crippen molar-refractivity contribution in [1.82, 2.24) is 0 Å². The van der Waals surface area contributed by atoms with Gasteiger partial charge in [0.15, 0.2) is 5.78 Å². The number of aliphatic imine (C=N–C) groups is 1. The number of benzene rings is 1. The Morgan fingerprint density at radius 1 is 1.50 bits per heavy atom. The summed E-state index contributed by atoms with van der Waals surface area (Å²) in [5.41, 5.74) is 0.888. The van der Waals surface area contributed by atoms with Crippen LogP contribution in [-0.2, 0) is 4.79 Å². The van der Waals surface area contributed by atoms with Crippen molar-refractivity contribution in [3.63, 3.8) is 0 Å². The number of Topliss-reactive ketones (excluding diaryl/α,β-unsaturated/α-hetero) is 1. The van der Waals surface area contributed by atoms with Gasteiger partial charge in [-0.3, -0.25) is 4.79 Å². The zero-order valence-corrected chi connectivity index (χ0v) is 7.90. The number of hydrogen-bond acceptors (Lipinski definition) is 4. The fourth-order valence-corrected chi connectivity index (χ4v) is 1.04. The molecule has 4 nitrogen and oxygen atoms in total. The van der Waals surface area contributed by atoms with Gasteiger partial charge in [0.1, 0.15) is 11.4 Å². The summed E-state index contributed by atoms with van der Waals surface area (Å²) in [7, 11) is 1.45. The van der Waals surface area contributed by atoms with Crippen LogP contribution in [0.25, 0.3) is 0 Å². The van der Waals surface area contributed by atoms with Crippen molar-refractivity contribution in [2.45, 2.75) is 6.92 Å². The van der Waals surface area contributed by atoms with Crippen molar-refractivity contribution in [3.05, 3.63) is 23.8 Å². The molecule has 0 heterocycles. The highest BCUT2D eigenvalue weighted by Gasteiger charge is 2.05. The Balaban J connectivity index is 3.24. The molecule has 0 amide bonds. The molecule has 0 saturated heterocycles. The molecule has 0 radical (unpaired) electrons. The first-order chi connectivity index (χ1) is 6.69. The summed E-state index contributed by atoms with van der Waals surface area (Å²) in [6.45, 7) is 1.46. The normalized spacial score (nSPS) is 9.00. The Morgan fingerprint density at radius 3 is 2.71 bits per heavy atom. The summed E-state index contributed by atoms with van der Waals surface area (Å²) >= 11 is 0. The van der Waals surface area contributed by atoms with Crippen molar-refractivity contribution < 1.29 is 14.3 Å². The lowest BCUT2D eigenvalue weighted by molar-refractivity contribution is 0.101. The van der Waals surface area contributed by atoms with Crippen LogP contribution in [0.4, 0.5) is 5.69 Å². The summed E-state index contributed by atoms with van der Waals surface area (Å²) in [5, 5.41) is 0. The standard InChI is InChI=1S/C10H9NO3/c1-7(13)8-3-4-9(11-6-12)10(5-8)14-2/h3-5H,1-2H3. The van der Waals surface area contributed by atoms with Crippen LogP contribution in [-0.4, -0.2) is 19.0 Å². The Bertz CT molecular complexity index is 406. The van der Waals surface area contributed by atoms with Gasteiger partial charge >= 0.3 is 0 Å². The second-order valence-electron chi connectivity index (χ2n) is 2.65. The molecule has 0 saturated carbocycles. The van der Waals surface area contributed by atoms with Crippen LogP contribution in [0.1, 0.15) is 17.3 Å². The Kier molecular flexibility index (Phi) is 3.15. The van der Waals surface area contributed by atoms with E-state index >= 15 is 0 Å². The molecule has 0 aliphatic rings. The van der Waals surface area contributed by atoms with Crippen molar-refractivity contribution in [2.75, 3.05) is 7.11 Å². The number of ketones is 1. The lowest BCUT2D eigenvalue weighted by Crippen LogP contribution is -1.93. The average Bonchev–Trinajstić information content (AvgIpc) is 2.18. The number of ether oxygens (including phenoxy) is 1. The zero-order valence-electron chi connectivity index (χ0n) is 7.90. The topological polar surface area (TPSA) is 55.7 Å². The summed E-state index contributed by atoms with van der Waals surface area (Å²) in [4.78, 5) is 24.5. The van der Waals surface area contributed by atoms with Gasteiger partial charge in [0.05, 0.1) is 7.11 Å². The third kappa shape index (κ3) is 2.06. The van der Waals surface area contributed by atoms with Gasteiger partial charge < -0.3 is 4.74 Å². The highest BCUT2D eigenvalue weighted by Crippen LogP contribution is 2.27. The van der Waals surface area contributed by atoms with Gasteiger partial charge in [-0.1, -0.05) is 0 Å². The highest BCUT2D eigenvalue weighted by molar-refractivity contribution is 5.95. The lowest BCUT2D eigenvalue weighted by atomic mass is 10.1. The van der Waals surface area contributed by atoms with Crippen molar-refractivity contribution in [1.29, 1.82) is 0 Å². The maximum Gasteiger partial charge on any atom is 0.240 e. The van der Waals surface area contributed by atoms with Crippen LogP contribution in [0.2, 0.25) is 0 Å². The average molecular weight is 191 g/mol. The molecule has 72 valence electrons. The minimum absolute atomic E-state index is 0.0649. The number of methoxy groups -OCH3 is 1. The number of hydrogen-bond donors (Lipinski definition) is 0. The third-order valence-electron chi connectivity index (χ3n) is 1.75. The molecule has 0 spiro atoms. The Hall–Kier alpha value is -1.93. The van der Waals surface area contributed by atoms with E-state index < -0.39 is 0 Å². The van der Waals surface area contributed by atoms with E-state index in [1.165, 1.54) is 20.1 Å². The van der Waals surface area contributed by atoms with Gasteiger partial charge in [-0.15, -0.1) is 0 Å². The summed E-state index contributed by atoms with van der Waals surface area (Å²) in [6, 6.07) is 4.67. The second kappa shape index (κ2) is 4.35. The minimum Gasteiger partial charge on any atom is -0.494 e. The Labute approximate surface area is 81.2 Å². The molecule has 4 heteroatoms.